The van der Waals surface area contributed by atoms with Gasteiger partial charge >= 0.3 is 0 Å². The van der Waals surface area contributed by atoms with Crippen LogP contribution in [0, 0.1) is 11.8 Å². The highest BCUT2D eigenvalue weighted by Gasteiger charge is 2.26. The number of rotatable bonds is 3. The van der Waals surface area contributed by atoms with Gasteiger partial charge in [-0.1, -0.05) is 13.8 Å². The molecular weight excluding hydrogens is 252 g/mol. The Balaban J connectivity index is 1.90. The summed E-state index contributed by atoms with van der Waals surface area (Å²) in [7, 11) is 3.80. The van der Waals surface area contributed by atoms with Crippen LogP contribution in [0.3, 0.4) is 0 Å². The minimum atomic E-state index is 0.749. The summed E-state index contributed by atoms with van der Waals surface area (Å²) in [5, 5.41) is 8.38. The maximum absolute atomic E-state index is 4.66. The van der Waals surface area contributed by atoms with Gasteiger partial charge in [0.1, 0.15) is 11.6 Å². The van der Waals surface area contributed by atoms with Crippen molar-refractivity contribution in [2.75, 3.05) is 25.5 Å². The van der Waals surface area contributed by atoms with Crippen LogP contribution >= 0.6 is 0 Å². The van der Waals surface area contributed by atoms with E-state index < -0.39 is 0 Å². The Bertz CT molecular complexity index is 609. The Morgan fingerprint density at radius 2 is 1.95 bits per heavy atom. The topological polar surface area (TPSA) is 58.9 Å². The molecule has 1 saturated heterocycles. The minimum Gasteiger partial charge on any atom is -0.372 e. The second-order valence-electron chi connectivity index (χ2n) is 5.89. The average Bonchev–Trinajstić information content (AvgIpc) is 2.93. The molecule has 0 radical (unpaired) electrons. The fourth-order valence-corrected chi connectivity index (χ4v) is 2.91. The number of nitrogens with one attached hydrogen (secondary N) is 1. The summed E-state index contributed by atoms with van der Waals surface area (Å²) in [6.45, 7) is 7.69. The molecule has 6 heteroatoms. The molecule has 108 valence electrons. The molecular formula is C14H22N6. The molecule has 1 aliphatic heterocycles. The number of fused-ring (bicyclic) bond motifs is 1. The van der Waals surface area contributed by atoms with Gasteiger partial charge < -0.3 is 5.32 Å². The maximum atomic E-state index is 4.66. The van der Waals surface area contributed by atoms with E-state index in [-0.39, 0.29) is 0 Å². The van der Waals surface area contributed by atoms with E-state index in [0.717, 1.165) is 54.1 Å². The summed E-state index contributed by atoms with van der Waals surface area (Å²) in [6.07, 6.45) is 1.81. The summed E-state index contributed by atoms with van der Waals surface area (Å²) < 4.78 is 1.80. The normalized spacial score (nSPS) is 23.6. The van der Waals surface area contributed by atoms with Gasteiger partial charge in [-0.15, -0.1) is 0 Å². The smallest absolute Gasteiger partial charge is 0.163 e. The third kappa shape index (κ3) is 2.24. The lowest BCUT2D eigenvalue weighted by Gasteiger charge is -2.15. The molecule has 0 bridgehead atoms. The van der Waals surface area contributed by atoms with Crippen LogP contribution in [0.5, 0.6) is 0 Å². The second kappa shape index (κ2) is 5.01. The largest absolute Gasteiger partial charge is 0.372 e. The van der Waals surface area contributed by atoms with Crippen LogP contribution in [-0.4, -0.2) is 44.8 Å². The maximum Gasteiger partial charge on any atom is 0.163 e. The lowest BCUT2D eigenvalue weighted by atomic mass is 10.0. The van der Waals surface area contributed by atoms with Crippen LogP contribution in [0.15, 0.2) is 6.20 Å². The summed E-state index contributed by atoms with van der Waals surface area (Å²) in [5.41, 5.74) is 0.889. The summed E-state index contributed by atoms with van der Waals surface area (Å²) in [5.74, 6) is 3.23. The van der Waals surface area contributed by atoms with Crippen molar-refractivity contribution in [1.82, 2.24) is 24.6 Å². The quantitative estimate of drug-likeness (QED) is 0.919. The fourth-order valence-electron chi connectivity index (χ4n) is 2.91. The van der Waals surface area contributed by atoms with E-state index in [1.54, 1.807) is 4.68 Å². The van der Waals surface area contributed by atoms with E-state index >= 15 is 0 Å². The molecule has 1 aliphatic rings. The number of nitrogens with zero attached hydrogens (tertiary/aromatic N) is 5. The summed E-state index contributed by atoms with van der Waals surface area (Å²) in [4.78, 5) is 11.7. The van der Waals surface area contributed by atoms with E-state index in [4.69, 9.17) is 0 Å². The number of aryl methyl sites for hydroxylation is 1. The molecule has 2 unspecified atom stereocenters. The molecule has 3 rings (SSSR count). The summed E-state index contributed by atoms with van der Waals surface area (Å²) >= 11 is 0. The molecule has 0 aromatic carbocycles. The number of hydrogen-bond donors (Lipinski definition) is 1. The van der Waals surface area contributed by atoms with E-state index in [1.165, 1.54) is 0 Å². The van der Waals surface area contributed by atoms with Crippen molar-refractivity contribution >= 4 is 16.9 Å². The van der Waals surface area contributed by atoms with Gasteiger partial charge in [-0.05, 0) is 11.8 Å². The molecule has 0 saturated carbocycles. The standard InChI is InChI=1S/C14H22N6/c1-9-6-20(7-10(9)2)8-12-17-13(15-3)11-5-16-19(4)14(11)18-12/h5,9-10H,6-8H2,1-4H3,(H,15,17,18). The first-order valence-electron chi connectivity index (χ1n) is 7.17. The molecule has 2 aromatic rings. The van der Waals surface area contributed by atoms with E-state index in [2.05, 4.69) is 39.1 Å². The van der Waals surface area contributed by atoms with Gasteiger partial charge in [-0.2, -0.15) is 5.10 Å². The molecule has 6 nitrogen and oxygen atoms in total. The Morgan fingerprint density at radius 1 is 1.25 bits per heavy atom. The molecule has 2 aromatic heterocycles. The van der Waals surface area contributed by atoms with Gasteiger partial charge in [0.05, 0.1) is 18.1 Å². The molecule has 0 amide bonds. The van der Waals surface area contributed by atoms with Crippen molar-refractivity contribution in [3.8, 4) is 0 Å². The molecule has 20 heavy (non-hydrogen) atoms. The van der Waals surface area contributed by atoms with Crippen LogP contribution < -0.4 is 5.32 Å². The van der Waals surface area contributed by atoms with Crippen LogP contribution in [0.2, 0.25) is 0 Å². The SMILES string of the molecule is CNc1nc(CN2CC(C)C(C)C2)nc2c1cnn2C. The van der Waals surface area contributed by atoms with Gasteiger partial charge in [0.25, 0.3) is 0 Å². The summed E-state index contributed by atoms with van der Waals surface area (Å²) in [6, 6.07) is 0. The Hall–Kier alpha value is -1.69. The number of anilines is 1. The molecule has 1 N–H and O–H groups in total. The Kier molecular flexibility index (Phi) is 3.33. The highest BCUT2D eigenvalue weighted by molar-refractivity contribution is 5.86. The van der Waals surface area contributed by atoms with Crippen molar-refractivity contribution in [2.45, 2.75) is 20.4 Å². The van der Waals surface area contributed by atoms with Gasteiger partial charge in [0.15, 0.2) is 5.65 Å². The van der Waals surface area contributed by atoms with Gasteiger partial charge in [0, 0.05) is 27.2 Å². The van der Waals surface area contributed by atoms with Crippen LogP contribution in [0.25, 0.3) is 11.0 Å². The zero-order chi connectivity index (χ0) is 14.3. The predicted octanol–water partition coefficient (Wildman–Crippen LogP) is 1.49. The van der Waals surface area contributed by atoms with Gasteiger partial charge in [0.2, 0.25) is 0 Å². The highest BCUT2D eigenvalue weighted by Crippen LogP contribution is 2.24. The monoisotopic (exact) mass is 274 g/mol. The van der Waals surface area contributed by atoms with Gasteiger partial charge in [-0.3, -0.25) is 9.58 Å². The Morgan fingerprint density at radius 3 is 2.60 bits per heavy atom. The first-order valence-corrected chi connectivity index (χ1v) is 7.17. The number of aromatic nitrogens is 4. The van der Waals surface area contributed by atoms with Crippen molar-refractivity contribution in [1.29, 1.82) is 0 Å². The fraction of sp³-hybridized carbons (Fsp3) is 0.643. The van der Waals surface area contributed by atoms with Gasteiger partial charge in [-0.25, -0.2) is 9.97 Å². The van der Waals surface area contributed by atoms with Crippen molar-refractivity contribution in [2.24, 2.45) is 18.9 Å². The minimum absolute atomic E-state index is 0.749. The van der Waals surface area contributed by atoms with Crippen molar-refractivity contribution in [3.05, 3.63) is 12.0 Å². The van der Waals surface area contributed by atoms with E-state index in [9.17, 15) is 0 Å². The zero-order valence-corrected chi connectivity index (χ0v) is 12.6. The zero-order valence-electron chi connectivity index (χ0n) is 12.6. The third-order valence-corrected chi connectivity index (χ3v) is 4.30. The second-order valence-corrected chi connectivity index (χ2v) is 5.89. The molecule has 0 aliphatic carbocycles. The van der Waals surface area contributed by atoms with Crippen LogP contribution in [0.4, 0.5) is 5.82 Å². The Labute approximate surface area is 119 Å². The lowest BCUT2D eigenvalue weighted by molar-refractivity contribution is 0.308. The van der Waals surface area contributed by atoms with E-state index in [1.807, 2.05) is 20.3 Å². The molecule has 3 heterocycles. The predicted molar refractivity (Wildman–Crippen MR) is 79.5 cm³/mol. The molecule has 2 atom stereocenters. The van der Waals surface area contributed by atoms with Crippen LogP contribution in [-0.2, 0) is 13.6 Å². The van der Waals surface area contributed by atoms with Crippen molar-refractivity contribution < 1.29 is 0 Å². The van der Waals surface area contributed by atoms with Crippen LogP contribution in [0.1, 0.15) is 19.7 Å². The number of likely N-dealkylation sites (tertiary alicyclic amines) is 1. The molecule has 0 spiro atoms. The first kappa shape index (κ1) is 13.3. The third-order valence-electron chi connectivity index (χ3n) is 4.30. The average molecular weight is 274 g/mol. The first-order chi connectivity index (χ1) is 9.58. The molecule has 1 fully saturated rings. The lowest BCUT2D eigenvalue weighted by Crippen LogP contribution is -2.22. The van der Waals surface area contributed by atoms with E-state index in [0.29, 0.717) is 0 Å². The number of hydrogen-bond acceptors (Lipinski definition) is 5. The van der Waals surface area contributed by atoms with Crippen molar-refractivity contribution in [3.63, 3.8) is 0 Å². The highest BCUT2D eigenvalue weighted by atomic mass is 15.3.